The molecule has 0 radical (unpaired) electrons. The highest BCUT2D eigenvalue weighted by Gasteiger charge is 2.07. The van der Waals surface area contributed by atoms with Gasteiger partial charge < -0.3 is 10.6 Å². The Labute approximate surface area is 103 Å². The molecule has 3 N–H and O–H groups in total. The lowest BCUT2D eigenvalue weighted by Crippen LogP contribution is -2.24. The van der Waals surface area contributed by atoms with Crippen molar-refractivity contribution in [3.8, 4) is 0 Å². The predicted octanol–water partition coefficient (Wildman–Crippen LogP) is 2.35. The second-order valence-corrected chi connectivity index (χ2v) is 4.52. The summed E-state index contributed by atoms with van der Waals surface area (Å²) in [6.07, 6.45) is 0.531. The molecule has 0 aliphatic carbocycles. The van der Waals surface area contributed by atoms with Crippen LogP contribution < -0.4 is 5.73 Å². The molecule has 1 aromatic rings. The third-order valence-electron chi connectivity index (χ3n) is 2.23. The van der Waals surface area contributed by atoms with Crippen molar-refractivity contribution in [2.24, 2.45) is 5.73 Å². The van der Waals surface area contributed by atoms with Gasteiger partial charge in [0.05, 0.1) is 10.3 Å². The summed E-state index contributed by atoms with van der Waals surface area (Å²) in [5, 5.41) is 7.13. The molecule has 1 aromatic carbocycles. The van der Waals surface area contributed by atoms with Crippen LogP contribution in [-0.2, 0) is 6.54 Å². The first-order valence-corrected chi connectivity index (χ1v) is 5.74. The van der Waals surface area contributed by atoms with Crippen molar-refractivity contribution in [3.05, 3.63) is 34.1 Å². The molecule has 0 bridgehead atoms. The van der Waals surface area contributed by atoms with Gasteiger partial charge in [0.2, 0.25) is 0 Å². The van der Waals surface area contributed by atoms with E-state index < -0.39 is 0 Å². The van der Waals surface area contributed by atoms with Crippen LogP contribution in [0.2, 0.25) is 0 Å². The molecule has 88 valence electrons. The Bertz CT molecular complexity index is 381. The molecule has 1 rings (SSSR count). The van der Waals surface area contributed by atoms with Crippen molar-refractivity contribution < 1.29 is 4.39 Å². The van der Waals surface area contributed by atoms with Crippen LogP contribution in [-0.4, -0.2) is 24.3 Å². The zero-order valence-corrected chi connectivity index (χ0v) is 10.7. The average molecular weight is 288 g/mol. The van der Waals surface area contributed by atoms with Crippen molar-refractivity contribution in [3.63, 3.8) is 0 Å². The molecule has 0 aromatic heterocycles. The van der Waals surface area contributed by atoms with Gasteiger partial charge in [-0.3, -0.25) is 5.41 Å². The Morgan fingerprint density at radius 1 is 1.56 bits per heavy atom. The summed E-state index contributed by atoms with van der Waals surface area (Å²) >= 11 is 3.22. The maximum Gasteiger partial charge on any atom is 0.137 e. The van der Waals surface area contributed by atoms with Gasteiger partial charge in [0.15, 0.2) is 0 Å². The molecule has 16 heavy (non-hydrogen) atoms. The molecule has 5 heteroatoms. The van der Waals surface area contributed by atoms with E-state index in [9.17, 15) is 4.39 Å². The van der Waals surface area contributed by atoms with Crippen LogP contribution in [0.5, 0.6) is 0 Å². The van der Waals surface area contributed by atoms with Gasteiger partial charge in [-0.1, -0.05) is 12.1 Å². The summed E-state index contributed by atoms with van der Waals surface area (Å²) in [7, 11) is 1.92. The lowest BCUT2D eigenvalue weighted by atomic mass is 10.2. The van der Waals surface area contributed by atoms with Crippen molar-refractivity contribution in [1.82, 2.24) is 4.90 Å². The van der Waals surface area contributed by atoms with E-state index in [0.29, 0.717) is 24.0 Å². The molecule has 0 aliphatic rings. The first-order valence-electron chi connectivity index (χ1n) is 4.95. The Morgan fingerprint density at radius 3 is 2.88 bits per heavy atom. The lowest BCUT2D eigenvalue weighted by Gasteiger charge is -2.17. The molecule has 0 spiro atoms. The van der Waals surface area contributed by atoms with E-state index in [1.807, 2.05) is 18.0 Å². The number of halogens is 2. The van der Waals surface area contributed by atoms with E-state index >= 15 is 0 Å². The van der Waals surface area contributed by atoms with Crippen molar-refractivity contribution in [2.75, 3.05) is 13.6 Å². The molecule has 0 atom stereocenters. The molecular weight excluding hydrogens is 273 g/mol. The highest BCUT2D eigenvalue weighted by atomic mass is 79.9. The number of hydrogen-bond donors (Lipinski definition) is 2. The van der Waals surface area contributed by atoms with Crippen LogP contribution in [0.15, 0.2) is 22.7 Å². The number of nitrogens with zero attached hydrogens (tertiary/aromatic N) is 1. The van der Waals surface area contributed by atoms with Gasteiger partial charge in [-0.05, 0) is 34.6 Å². The lowest BCUT2D eigenvalue weighted by molar-refractivity contribution is 0.335. The van der Waals surface area contributed by atoms with Crippen molar-refractivity contribution >= 4 is 21.8 Å². The number of benzene rings is 1. The fraction of sp³-hybridized carbons (Fsp3) is 0.364. The third-order valence-corrected chi connectivity index (χ3v) is 3.12. The van der Waals surface area contributed by atoms with E-state index in [-0.39, 0.29) is 11.7 Å². The predicted molar refractivity (Wildman–Crippen MR) is 67.0 cm³/mol. The van der Waals surface area contributed by atoms with Crippen LogP contribution in [0.4, 0.5) is 4.39 Å². The van der Waals surface area contributed by atoms with Gasteiger partial charge in [0.1, 0.15) is 5.82 Å². The highest BCUT2D eigenvalue weighted by molar-refractivity contribution is 9.10. The molecule has 0 fully saturated rings. The summed E-state index contributed by atoms with van der Waals surface area (Å²) in [5.74, 6) is -0.0809. The maximum absolute atomic E-state index is 13.2. The van der Waals surface area contributed by atoms with Gasteiger partial charge in [-0.25, -0.2) is 4.39 Å². The van der Waals surface area contributed by atoms with Gasteiger partial charge >= 0.3 is 0 Å². The standard InChI is InChI=1S/C11H15BrFN3/c1-16(6-5-10(14)15)7-8-3-2-4-9(13)11(8)12/h2-4H,5-7H2,1H3,(H3,14,15). The van der Waals surface area contributed by atoms with Gasteiger partial charge in [0, 0.05) is 19.5 Å². The molecule has 3 nitrogen and oxygen atoms in total. The van der Waals surface area contributed by atoms with E-state index in [4.69, 9.17) is 11.1 Å². The van der Waals surface area contributed by atoms with Gasteiger partial charge in [-0.2, -0.15) is 0 Å². The summed E-state index contributed by atoms with van der Waals surface area (Å²) < 4.78 is 13.7. The summed E-state index contributed by atoms with van der Waals surface area (Å²) in [6.45, 7) is 1.32. The van der Waals surface area contributed by atoms with E-state index in [1.165, 1.54) is 6.07 Å². The number of hydrogen-bond acceptors (Lipinski definition) is 2. The van der Waals surface area contributed by atoms with Gasteiger partial charge in [0.25, 0.3) is 0 Å². The summed E-state index contributed by atoms with van der Waals surface area (Å²) in [5.41, 5.74) is 6.17. The quantitative estimate of drug-likeness (QED) is 0.645. The number of nitrogens with two attached hydrogens (primary N) is 1. The van der Waals surface area contributed by atoms with E-state index in [1.54, 1.807) is 6.07 Å². The minimum Gasteiger partial charge on any atom is -0.388 e. The second kappa shape index (κ2) is 5.96. The Kier molecular flexibility index (Phi) is 4.89. The monoisotopic (exact) mass is 287 g/mol. The molecule has 0 amide bonds. The molecule has 0 saturated carbocycles. The number of amidine groups is 1. The number of nitrogens with one attached hydrogen (secondary N) is 1. The van der Waals surface area contributed by atoms with Crippen molar-refractivity contribution in [2.45, 2.75) is 13.0 Å². The van der Waals surface area contributed by atoms with Crippen LogP contribution in [0.1, 0.15) is 12.0 Å². The first kappa shape index (κ1) is 13.1. The van der Waals surface area contributed by atoms with Crippen LogP contribution in [0.25, 0.3) is 0 Å². The van der Waals surface area contributed by atoms with Crippen LogP contribution in [0.3, 0.4) is 0 Å². The average Bonchev–Trinajstić information content (AvgIpc) is 2.22. The molecule has 0 aliphatic heterocycles. The Hall–Kier alpha value is -0.940. The Morgan fingerprint density at radius 2 is 2.25 bits per heavy atom. The van der Waals surface area contributed by atoms with Gasteiger partial charge in [-0.15, -0.1) is 0 Å². The van der Waals surface area contributed by atoms with Crippen LogP contribution in [0, 0.1) is 11.2 Å². The van der Waals surface area contributed by atoms with E-state index in [2.05, 4.69) is 15.9 Å². The zero-order chi connectivity index (χ0) is 12.1. The first-order chi connectivity index (χ1) is 7.50. The zero-order valence-electron chi connectivity index (χ0n) is 9.13. The fourth-order valence-corrected chi connectivity index (χ4v) is 1.74. The highest BCUT2D eigenvalue weighted by Crippen LogP contribution is 2.21. The van der Waals surface area contributed by atoms with Crippen LogP contribution >= 0.6 is 15.9 Å². The summed E-state index contributed by atoms with van der Waals surface area (Å²) in [4.78, 5) is 2.00. The SMILES string of the molecule is CN(CCC(=N)N)Cc1cccc(F)c1Br. The number of rotatable bonds is 5. The maximum atomic E-state index is 13.2. The van der Waals surface area contributed by atoms with Crippen molar-refractivity contribution in [1.29, 1.82) is 5.41 Å². The molecule has 0 heterocycles. The van der Waals surface area contributed by atoms with E-state index in [0.717, 1.165) is 5.56 Å². The fourth-order valence-electron chi connectivity index (χ4n) is 1.35. The smallest absolute Gasteiger partial charge is 0.137 e. The molecule has 0 unspecified atom stereocenters. The minimum absolute atomic E-state index is 0.171. The minimum atomic E-state index is -0.252. The normalized spacial score (nSPS) is 10.8. The summed E-state index contributed by atoms with van der Waals surface area (Å²) in [6, 6.07) is 4.98. The Balaban J connectivity index is 2.59. The molecular formula is C11H15BrFN3. The molecule has 0 saturated heterocycles. The third kappa shape index (κ3) is 3.90. The second-order valence-electron chi connectivity index (χ2n) is 3.73. The topological polar surface area (TPSA) is 53.1 Å². The largest absolute Gasteiger partial charge is 0.388 e.